The Morgan fingerprint density at radius 3 is 1.92 bits per heavy atom. The molecular weight excluding hydrogens is 920 g/mol. The van der Waals surface area contributed by atoms with Gasteiger partial charge in [-0.1, -0.05) is 86.6 Å². The summed E-state index contributed by atoms with van der Waals surface area (Å²) in [5, 5.41) is 13.9. The molecule has 1 aromatic heterocycles. The van der Waals surface area contributed by atoms with Gasteiger partial charge in [0.1, 0.15) is 23.2 Å². The Morgan fingerprint density at radius 2 is 1.28 bits per heavy atom. The number of para-hydroxylation sites is 1. The van der Waals surface area contributed by atoms with Crippen molar-refractivity contribution in [3.8, 4) is 28.1 Å². The van der Waals surface area contributed by atoms with Gasteiger partial charge in [-0.15, -0.1) is 0 Å². The van der Waals surface area contributed by atoms with Crippen molar-refractivity contribution in [1.29, 1.82) is 0 Å². The van der Waals surface area contributed by atoms with Gasteiger partial charge in [0.25, 0.3) is 5.91 Å². The summed E-state index contributed by atoms with van der Waals surface area (Å²) in [6.07, 6.45) is 0.968. The van der Waals surface area contributed by atoms with Crippen LogP contribution in [0.25, 0.3) is 22.4 Å². The van der Waals surface area contributed by atoms with Crippen LogP contribution in [0.4, 0.5) is 24.5 Å². The number of aliphatic hydroxyl groups excluding tert-OH is 1. The van der Waals surface area contributed by atoms with Crippen LogP contribution in [0.15, 0.2) is 158 Å². The minimum atomic E-state index is -0.904. The third kappa shape index (κ3) is 12.0. The SMILES string of the molecule is CC(C)c1c(C(=O)Nc2ccccc2)c(-c2ccccc2)c(-c2ccc(F)cc2)n1CCCCOC(=O)CCCC(=O)Oc1ccc([C@@H]2[C@@H](CC[C@H](O)c3ccc(F)cc3)C(=O)N2c2ccc(F)cc2)cc1. The van der Waals surface area contributed by atoms with Crippen LogP contribution < -0.4 is 15.0 Å². The molecule has 3 atom stereocenters. The molecule has 0 bridgehead atoms. The molecule has 1 fully saturated rings. The number of rotatable bonds is 21. The number of unbranched alkanes of at least 4 members (excludes halogenated alkanes) is 1. The van der Waals surface area contributed by atoms with Crippen LogP contribution in [0.2, 0.25) is 0 Å². The van der Waals surface area contributed by atoms with E-state index in [-0.39, 0.29) is 61.6 Å². The number of anilines is 2. The maximum Gasteiger partial charge on any atom is 0.311 e. The summed E-state index contributed by atoms with van der Waals surface area (Å²) in [5.74, 6) is -2.96. The van der Waals surface area contributed by atoms with Gasteiger partial charge >= 0.3 is 11.9 Å². The summed E-state index contributed by atoms with van der Waals surface area (Å²) in [5.41, 5.74) is 6.94. The fourth-order valence-corrected chi connectivity index (χ4v) is 9.42. The highest BCUT2D eigenvalue weighted by Crippen LogP contribution is 2.47. The average molecular weight is 976 g/mol. The monoisotopic (exact) mass is 975 g/mol. The number of halogens is 3. The summed E-state index contributed by atoms with van der Waals surface area (Å²) in [4.78, 5) is 55.2. The number of ether oxygens (including phenoxy) is 2. The predicted molar refractivity (Wildman–Crippen MR) is 271 cm³/mol. The Morgan fingerprint density at radius 1 is 0.681 bits per heavy atom. The van der Waals surface area contributed by atoms with Gasteiger partial charge in [0.05, 0.1) is 35.9 Å². The van der Waals surface area contributed by atoms with E-state index in [1.54, 1.807) is 41.3 Å². The van der Waals surface area contributed by atoms with Gasteiger partial charge in [0, 0.05) is 42.0 Å². The van der Waals surface area contributed by atoms with E-state index in [4.69, 9.17) is 9.47 Å². The van der Waals surface area contributed by atoms with E-state index < -0.39 is 41.6 Å². The third-order valence-electron chi connectivity index (χ3n) is 12.9. The van der Waals surface area contributed by atoms with Gasteiger partial charge in [-0.25, -0.2) is 13.2 Å². The molecule has 1 aliphatic rings. The number of β-lactam (4-membered cyclic amide) rings is 1. The highest BCUT2D eigenvalue weighted by Gasteiger charge is 2.48. The molecule has 1 aliphatic heterocycles. The first-order chi connectivity index (χ1) is 34.9. The van der Waals surface area contributed by atoms with Crippen molar-refractivity contribution in [3.05, 3.63) is 198 Å². The lowest BCUT2D eigenvalue weighted by Gasteiger charge is -2.48. The number of esters is 2. The van der Waals surface area contributed by atoms with Crippen LogP contribution >= 0.6 is 0 Å². The molecule has 0 unspecified atom stereocenters. The number of nitrogens with one attached hydrogen (secondary N) is 1. The summed E-state index contributed by atoms with van der Waals surface area (Å²) in [7, 11) is 0. The normalized spacial score (nSPS) is 14.7. The Bertz CT molecular complexity index is 2960. The summed E-state index contributed by atoms with van der Waals surface area (Å²) < 4.78 is 54.9. The molecule has 2 heterocycles. The third-order valence-corrected chi connectivity index (χ3v) is 12.9. The van der Waals surface area contributed by atoms with Gasteiger partial charge < -0.3 is 29.4 Å². The molecule has 10 nitrogen and oxygen atoms in total. The van der Waals surface area contributed by atoms with Gasteiger partial charge in [-0.2, -0.15) is 0 Å². The van der Waals surface area contributed by atoms with Crippen LogP contribution in [0.3, 0.4) is 0 Å². The number of carbonyl (C=O) groups excluding carboxylic acids is 4. The molecule has 1 saturated heterocycles. The standard InChI is InChI=1S/C59H56F3N3O7/c1-38(2)55-54(58(69)63-46-14-7-4-8-15-46)53(40-12-5-3-6-13-40)57(42-20-26-44(61)27-21-42)64(55)36-9-10-37-71-51(67)16-11-17-52(68)72-48-32-22-41(23-33-48)56-49(34-35-50(66)39-18-24-43(60)25-19-39)59(70)65(56)47-30-28-45(62)29-31-47/h3-8,12-15,18-33,38,49-50,56,66H,9-11,16-17,34-37H2,1-2H3,(H,63,69)/t49-,50+,56-/m1/s1. The number of amides is 2. The molecular formula is C59H56F3N3O7. The lowest BCUT2D eigenvalue weighted by atomic mass is 9.78. The van der Waals surface area contributed by atoms with Crippen LogP contribution in [0, 0.1) is 23.4 Å². The van der Waals surface area contributed by atoms with Gasteiger partial charge in [-0.05, 0) is 145 Å². The highest BCUT2D eigenvalue weighted by molar-refractivity contribution is 6.12. The zero-order chi connectivity index (χ0) is 50.7. The smallest absolute Gasteiger partial charge is 0.311 e. The Hall–Kier alpha value is -7.77. The second-order valence-corrected chi connectivity index (χ2v) is 18.2. The number of aromatic nitrogens is 1. The van der Waals surface area contributed by atoms with Crippen molar-refractivity contribution in [3.63, 3.8) is 0 Å². The number of benzene rings is 6. The Balaban J connectivity index is 0.857. The number of hydrogen-bond donors (Lipinski definition) is 2. The van der Waals surface area contributed by atoms with Crippen molar-refractivity contribution in [2.24, 2.45) is 5.92 Å². The zero-order valence-corrected chi connectivity index (χ0v) is 40.1. The number of hydrogen-bond acceptors (Lipinski definition) is 7. The van der Waals surface area contributed by atoms with Gasteiger partial charge in [0.15, 0.2) is 0 Å². The van der Waals surface area contributed by atoms with Crippen LogP contribution in [0.5, 0.6) is 5.75 Å². The summed E-state index contributed by atoms with van der Waals surface area (Å²) >= 11 is 0. The Kier molecular flexibility index (Phi) is 16.5. The van der Waals surface area contributed by atoms with Crippen molar-refractivity contribution in [2.45, 2.75) is 83.4 Å². The van der Waals surface area contributed by atoms with E-state index in [1.165, 1.54) is 60.7 Å². The van der Waals surface area contributed by atoms with Crippen LogP contribution in [0.1, 0.15) is 104 Å². The molecule has 0 saturated carbocycles. The van der Waals surface area contributed by atoms with E-state index >= 15 is 0 Å². The van der Waals surface area contributed by atoms with E-state index in [2.05, 4.69) is 9.88 Å². The molecule has 2 N–H and O–H groups in total. The number of aliphatic hydroxyl groups is 1. The van der Waals surface area contributed by atoms with Crippen LogP contribution in [-0.4, -0.2) is 40.0 Å². The van der Waals surface area contributed by atoms with E-state index in [0.29, 0.717) is 48.3 Å². The van der Waals surface area contributed by atoms with Crippen molar-refractivity contribution >= 4 is 35.1 Å². The molecule has 72 heavy (non-hydrogen) atoms. The van der Waals surface area contributed by atoms with Gasteiger partial charge in [-0.3, -0.25) is 19.2 Å². The lowest BCUT2D eigenvalue weighted by Crippen LogP contribution is -2.55. The molecule has 8 rings (SSSR count). The molecule has 2 amide bonds. The van der Waals surface area contributed by atoms with Crippen molar-refractivity contribution in [2.75, 3.05) is 16.8 Å². The maximum absolute atomic E-state index is 14.4. The summed E-state index contributed by atoms with van der Waals surface area (Å²) in [6, 6.07) is 42.7. The molecule has 0 aliphatic carbocycles. The minimum Gasteiger partial charge on any atom is -0.466 e. The average Bonchev–Trinajstić information content (AvgIpc) is 3.73. The minimum absolute atomic E-state index is 0.00431. The molecule has 0 radical (unpaired) electrons. The second-order valence-electron chi connectivity index (χ2n) is 18.2. The number of nitrogens with zero attached hydrogens (tertiary/aromatic N) is 2. The fraction of sp³-hybridized carbons (Fsp3) is 0.254. The molecule has 6 aromatic carbocycles. The second kappa shape index (κ2) is 23.4. The molecule has 370 valence electrons. The predicted octanol–water partition coefficient (Wildman–Crippen LogP) is 12.9. The maximum atomic E-state index is 14.4. The highest BCUT2D eigenvalue weighted by atomic mass is 19.1. The molecule has 7 aromatic rings. The first kappa shape index (κ1) is 50.6. The Labute approximate surface area is 417 Å². The van der Waals surface area contributed by atoms with E-state index in [1.807, 2.05) is 74.5 Å². The molecule has 0 spiro atoms. The number of carbonyl (C=O) groups is 4. The lowest BCUT2D eigenvalue weighted by molar-refractivity contribution is -0.144. The van der Waals surface area contributed by atoms with Crippen LogP contribution in [-0.2, 0) is 25.7 Å². The van der Waals surface area contributed by atoms with Crippen molar-refractivity contribution in [1.82, 2.24) is 4.57 Å². The summed E-state index contributed by atoms with van der Waals surface area (Å²) in [6.45, 7) is 4.71. The van der Waals surface area contributed by atoms with Gasteiger partial charge in [0.2, 0.25) is 5.91 Å². The largest absolute Gasteiger partial charge is 0.466 e. The zero-order valence-electron chi connectivity index (χ0n) is 40.1. The fourth-order valence-electron chi connectivity index (χ4n) is 9.42. The topological polar surface area (TPSA) is 127 Å². The first-order valence-electron chi connectivity index (χ1n) is 24.3. The van der Waals surface area contributed by atoms with E-state index in [0.717, 1.165) is 33.6 Å². The molecule has 13 heteroatoms. The van der Waals surface area contributed by atoms with Crippen molar-refractivity contribution < 1.29 is 46.9 Å². The first-order valence-corrected chi connectivity index (χ1v) is 24.3. The van der Waals surface area contributed by atoms with E-state index in [9.17, 15) is 37.5 Å². The quantitative estimate of drug-likeness (QED) is 0.0318.